The van der Waals surface area contributed by atoms with Crippen molar-refractivity contribution in [1.82, 2.24) is 0 Å². The Labute approximate surface area is 87.8 Å². The molecular weight excluding hydrogens is 205 g/mol. The van der Waals surface area contributed by atoms with Crippen molar-refractivity contribution in [3.05, 3.63) is 28.5 Å². The van der Waals surface area contributed by atoms with Crippen LogP contribution in [0.3, 0.4) is 0 Å². The minimum atomic E-state index is -0.446. The SMILES string of the molecule is COc1cc(F)c(Cl)c(CCCN)c1. The average molecular weight is 218 g/mol. The summed E-state index contributed by atoms with van der Waals surface area (Å²) in [7, 11) is 1.50. The van der Waals surface area contributed by atoms with E-state index < -0.39 is 5.82 Å². The largest absolute Gasteiger partial charge is 0.497 e. The topological polar surface area (TPSA) is 35.2 Å². The van der Waals surface area contributed by atoms with E-state index in [1.807, 2.05) is 0 Å². The second-order valence-electron chi connectivity index (χ2n) is 2.97. The Morgan fingerprint density at radius 1 is 1.50 bits per heavy atom. The Bertz CT molecular complexity index is 317. The summed E-state index contributed by atoms with van der Waals surface area (Å²) in [5.41, 5.74) is 6.11. The van der Waals surface area contributed by atoms with Crippen LogP contribution in [0.2, 0.25) is 5.02 Å². The molecule has 2 N–H and O–H groups in total. The minimum Gasteiger partial charge on any atom is -0.497 e. The third-order valence-corrected chi connectivity index (χ3v) is 2.39. The summed E-state index contributed by atoms with van der Waals surface area (Å²) in [4.78, 5) is 0. The van der Waals surface area contributed by atoms with E-state index in [0.717, 1.165) is 12.0 Å². The third kappa shape index (κ3) is 2.59. The summed E-state index contributed by atoms with van der Waals surface area (Å²) in [5, 5.41) is 0.166. The first-order valence-corrected chi connectivity index (χ1v) is 4.78. The van der Waals surface area contributed by atoms with Crippen molar-refractivity contribution in [2.75, 3.05) is 13.7 Å². The highest BCUT2D eigenvalue weighted by Crippen LogP contribution is 2.26. The fourth-order valence-corrected chi connectivity index (χ4v) is 1.41. The predicted molar refractivity (Wildman–Crippen MR) is 55.3 cm³/mol. The van der Waals surface area contributed by atoms with Gasteiger partial charge in [0.1, 0.15) is 11.6 Å². The first-order chi connectivity index (χ1) is 6.69. The maximum Gasteiger partial charge on any atom is 0.145 e. The van der Waals surface area contributed by atoms with Gasteiger partial charge in [0, 0.05) is 6.07 Å². The first kappa shape index (κ1) is 11.3. The van der Waals surface area contributed by atoms with Gasteiger partial charge in [0.15, 0.2) is 0 Å². The van der Waals surface area contributed by atoms with E-state index in [4.69, 9.17) is 22.1 Å². The minimum absolute atomic E-state index is 0.166. The standard InChI is InChI=1S/C10H13ClFNO/c1-14-8-5-7(3-2-4-13)10(11)9(12)6-8/h5-6H,2-4,13H2,1H3. The Morgan fingerprint density at radius 2 is 2.21 bits per heavy atom. The highest BCUT2D eigenvalue weighted by molar-refractivity contribution is 6.31. The van der Waals surface area contributed by atoms with E-state index in [0.29, 0.717) is 18.7 Å². The van der Waals surface area contributed by atoms with E-state index >= 15 is 0 Å². The summed E-state index contributed by atoms with van der Waals surface area (Å²) in [6.45, 7) is 0.565. The molecule has 0 saturated carbocycles. The third-order valence-electron chi connectivity index (χ3n) is 1.96. The lowest BCUT2D eigenvalue weighted by atomic mass is 10.1. The van der Waals surface area contributed by atoms with Crippen LogP contribution in [0.15, 0.2) is 12.1 Å². The van der Waals surface area contributed by atoms with Crippen molar-refractivity contribution in [3.63, 3.8) is 0 Å². The Kier molecular flexibility index (Phi) is 4.17. The second-order valence-corrected chi connectivity index (χ2v) is 3.35. The van der Waals surface area contributed by atoms with Gasteiger partial charge in [0.25, 0.3) is 0 Å². The number of hydrogen-bond donors (Lipinski definition) is 1. The lowest BCUT2D eigenvalue weighted by molar-refractivity contribution is 0.410. The zero-order valence-corrected chi connectivity index (χ0v) is 8.77. The molecule has 1 aromatic rings. The van der Waals surface area contributed by atoms with Gasteiger partial charge in [-0.25, -0.2) is 4.39 Å². The molecule has 0 aliphatic rings. The maximum atomic E-state index is 13.2. The maximum absolute atomic E-state index is 13.2. The zero-order valence-electron chi connectivity index (χ0n) is 8.02. The summed E-state index contributed by atoms with van der Waals surface area (Å²) in [6, 6.07) is 3.01. The van der Waals surface area contributed by atoms with E-state index in [1.165, 1.54) is 13.2 Å². The van der Waals surface area contributed by atoms with Gasteiger partial charge in [-0.05, 0) is 31.0 Å². The summed E-state index contributed by atoms with van der Waals surface area (Å²) < 4.78 is 18.2. The molecule has 78 valence electrons. The van der Waals surface area contributed by atoms with E-state index in [9.17, 15) is 4.39 Å². The lowest BCUT2D eigenvalue weighted by Crippen LogP contribution is -2.01. The molecule has 0 unspecified atom stereocenters. The normalized spacial score (nSPS) is 10.3. The molecule has 0 aliphatic carbocycles. The summed E-state index contributed by atoms with van der Waals surface area (Å²) in [6.07, 6.45) is 1.45. The van der Waals surface area contributed by atoms with Crippen molar-refractivity contribution in [3.8, 4) is 5.75 Å². The van der Waals surface area contributed by atoms with Crippen LogP contribution in [0.4, 0.5) is 4.39 Å². The van der Waals surface area contributed by atoms with Crippen molar-refractivity contribution < 1.29 is 9.13 Å². The number of rotatable bonds is 4. The highest BCUT2D eigenvalue weighted by Gasteiger charge is 2.08. The van der Waals surface area contributed by atoms with E-state index in [1.54, 1.807) is 6.07 Å². The fraction of sp³-hybridized carbons (Fsp3) is 0.400. The molecule has 0 amide bonds. The number of methoxy groups -OCH3 is 1. The molecule has 1 rings (SSSR count). The van der Waals surface area contributed by atoms with Gasteiger partial charge in [-0.1, -0.05) is 11.6 Å². The van der Waals surface area contributed by atoms with Crippen LogP contribution in [-0.2, 0) is 6.42 Å². The van der Waals surface area contributed by atoms with Gasteiger partial charge in [-0.15, -0.1) is 0 Å². The summed E-state index contributed by atoms with van der Waals surface area (Å²) in [5.74, 6) is 0.0389. The first-order valence-electron chi connectivity index (χ1n) is 4.41. The Hall–Kier alpha value is -0.800. The molecule has 0 fully saturated rings. The van der Waals surface area contributed by atoms with Crippen molar-refractivity contribution in [2.45, 2.75) is 12.8 Å². The zero-order chi connectivity index (χ0) is 10.6. The smallest absolute Gasteiger partial charge is 0.145 e. The molecule has 0 radical (unpaired) electrons. The van der Waals surface area contributed by atoms with Gasteiger partial charge >= 0.3 is 0 Å². The van der Waals surface area contributed by atoms with Crippen molar-refractivity contribution in [2.24, 2.45) is 5.73 Å². The number of ether oxygens (including phenoxy) is 1. The molecule has 0 aliphatic heterocycles. The molecule has 0 bridgehead atoms. The molecule has 1 aromatic carbocycles. The van der Waals surface area contributed by atoms with E-state index in [-0.39, 0.29) is 5.02 Å². The van der Waals surface area contributed by atoms with Gasteiger partial charge in [-0.2, -0.15) is 0 Å². The number of aryl methyl sites for hydroxylation is 1. The van der Waals surface area contributed by atoms with Gasteiger partial charge in [0.2, 0.25) is 0 Å². The molecule has 0 spiro atoms. The van der Waals surface area contributed by atoms with Crippen LogP contribution < -0.4 is 10.5 Å². The molecule has 4 heteroatoms. The van der Waals surface area contributed by atoms with Crippen LogP contribution in [0.25, 0.3) is 0 Å². The molecule has 2 nitrogen and oxygen atoms in total. The molecule has 0 aromatic heterocycles. The van der Waals surface area contributed by atoms with Crippen molar-refractivity contribution >= 4 is 11.6 Å². The quantitative estimate of drug-likeness (QED) is 0.841. The summed E-state index contributed by atoms with van der Waals surface area (Å²) >= 11 is 5.79. The Morgan fingerprint density at radius 3 is 2.79 bits per heavy atom. The van der Waals surface area contributed by atoms with Crippen LogP contribution in [0.1, 0.15) is 12.0 Å². The molecule has 14 heavy (non-hydrogen) atoms. The van der Waals surface area contributed by atoms with Crippen LogP contribution in [-0.4, -0.2) is 13.7 Å². The highest BCUT2D eigenvalue weighted by atomic mass is 35.5. The predicted octanol–water partition coefficient (Wildman–Crippen LogP) is 2.38. The molecule has 0 atom stereocenters. The molecular formula is C10H13ClFNO. The number of halogens is 2. The van der Waals surface area contributed by atoms with Crippen LogP contribution in [0.5, 0.6) is 5.75 Å². The van der Waals surface area contributed by atoms with Gasteiger partial charge < -0.3 is 10.5 Å². The van der Waals surface area contributed by atoms with Gasteiger partial charge in [-0.3, -0.25) is 0 Å². The monoisotopic (exact) mass is 217 g/mol. The second kappa shape index (κ2) is 5.17. The average Bonchev–Trinajstić information content (AvgIpc) is 2.20. The number of benzene rings is 1. The van der Waals surface area contributed by atoms with Crippen molar-refractivity contribution in [1.29, 1.82) is 0 Å². The number of nitrogens with two attached hydrogens (primary N) is 1. The van der Waals surface area contributed by atoms with Gasteiger partial charge in [0.05, 0.1) is 12.1 Å². The lowest BCUT2D eigenvalue weighted by Gasteiger charge is -2.07. The number of hydrogen-bond acceptors (Lipinski definition) is 2. The molecule has 0 heterocycles. The van der Waals surface area contributed by atoms with Crippen LogP contribution >= 0.6 is 11.6 Å². The van der Waals surface area contributed by atoms with Crippen LogP contribution in [0, 0.1) is 5.82 Å². The Balaban J connectivity index is 2.95. The fourth-order valence-electron chi connectivity index (χ4n) is 1.21. The molecule has 0 saturated heterocycles. The van der Waals surface area contributed by atoms with E-state index in [2.05, 4.69) is 0 Å².